The molecule has 0 saturated carbocycles. The van der Waals surface area contributed by atoms with Gasteiger partial charge in [0, 0.05) is 36.3 Å². The predicted octanol–water partition coefficient (Wildman–Crippen LogP) is 2.12. The quantitative estimate of drug-likeness (QED) is 0.553. The molecule has 0 saturated heterocycles. The van der Waals surface area contributed by atoms with Crippen LogP contribution in [-0.2, 0) is 5.41 Å². The minimum atomic E-state index is 0.148. The minimum Gasteiger partial charge on any atom is -0.365 e. The second-order valence-electron chi connectivity index (χ2n) is 3.83. The van der Waals surface area contributed by atoms with Gasteiger partial charge in [0.25, 0.3) is 0 Å². The van der Waals surface area contributed by atoms with Crippen molar-refractivity contribution in [2.24, 2.45) is 0 Å². The molecule has 2 nitrogen and oxygen atoms in total. The molecule has 2 N–H and O–H groups in total. The highest BCUT2D eigenvalue weighted by atomic mass is 35.5. The van der Waals surface area contributed by atoms with Crippen LogP contribution >= 0.6 is 11.6 Å². The number of halogens is 1. The average Bonchev–Trinajstić information content (AvgIpc) is 2.56. The van der Waals surface area contributed by atoms with Gasteiger partial charge in [0.05, 0.1) is 0 Å². The molecule has 0 spiro atoms. The molecule has 0 bridgehead atoms. The van der Waals surface area contributed by atoms with E-state index >= 15 is 0 Å². The van der Waals surface area contributed by atoms with Crippen molar-refractivity contribution in [1.82, 2.24) is 10.3 Å². The van der Waals surface area contributed by atoms with E-state index < -0.39 is 0 Å². The van der Waals surface area contributed by atoms with Crippen molar-refractivity contribution in [2.75, 3.05) is 19.0 Å². The number of aromatic amines is 1. The van der Waals surface area contributed by atoms with Gasteiger partial charge in [0.2, 0.25) is 0 Å². The Morgan fingerprint density at radius 1 is 1.54 bits per heavy atom. The van der Waals surface area contributed by atoms with Crippen molar-refractivity contribution in [3.8, 4) is 0 Å². The Balaban J connectivity index is 2.46. The van der Waals surface area contributed by atoms with Gasteiger partial charge >= 0.3 is 0 Å². The molecule has 0 aliphatic heterocycles. The molecule has 0 aliphatic rings. The van der Waals surface area contributed by atoms with E-state index in [0.29, 0.717) is 5.88 Å². The fraction of sp³-hybridized carbons (Fsp3) is 0.600. The number of hydrogen-bond acceptors (Lipinski definition) is 1. The van der Waals surface area contributed by atoms with E-state index in [1.54, 1.807) is 0 Å². The minimum absolute atomic E-state index is 0.148. The largest absolute Gasteiger partial charge is 0.365 e. The van der Waals surface area contributed by atoms with E-state index in [1.807, 2.05) is 12.3 Å². The zero-order chi connectivity index (χ0) is 9.73. The van der Waals surface area contributed by atoms with E-state index in [1.165, 1.54) is 5.69 Å². The third kappa shape index (κ3) is 3.05. The molecule has 1 heterocycles. The first-order chi connectivity index (χ1) is 6.17. The molecule has 3 heteroatoms. The van der Waals surface area contributed by atoms with E-state index in [-0.39, 0.29) is 5.41 Å². The summed E-state index contributed by atoms with van der Waals surface area (Å²) in [5.41, 5.74) is 1.41. The number of aromatic nitrogens is 1. The molecule has 0 fully saturated rings. The molecule has 1 aromatic heterocycles. The van der Waals surface area contributed by atoms with Gasteiger partial charge in [0.15, 0.2) is 0 Å². The Bertz CT molecular complexity index is 229. The maximum Gasteiger partial charge on any atom is 0.0348 e. The third-order valence-electron chi connectivity index (χ3n) is 2.17. The maximum atomic E-state index is 5.58. The van der Waals surface area contributed by atoms with Crippen LogP contribution in [-0.4, -0.2) is 24.0 Å². The first-order valence-corrected chi connectivity index (χ1v) is 5.11. The van der Waals surface area contributed by atoms with Crippen molar-refractivity contribution in [1.29, 1.82) is 0 Å². The Kier molecular flexibility index (Phi) is 3.82. The molecule has 0 aromatic carbocycles. The number of hydrogen-bond donors (Lipinski definition) is 2. The monoisotopic (exact) mass is 200 g/mol. The molecule has 13 heavy (non-hydrogen) atoms. The SMILES string of the molecule is CC(C)(CNCCCl)c1ccc[nH]1. The summed E-state index contributed by atoms with van der Waals surface area (Å²) in [5.74, 6) is 0.667. The van der Waals surface area contributed by atoms with E-state index in [4.69, 9.17) is 11.6 Å². The summed E-state index contributed by atoms with van der Waals surface area (Å²) in [6.07, 6.45) is 1.96. The van der Waals surface area contributed by atoms with Crippen molar-refractivity contribution < 1.29 is 0 Å². The van der Waals surface area contributed by atoms with Gasteiger partial charge in [-0.15, -0.1) is 11.6 Å². The van der Waals surface area contributed by atoms with Crippen LogP contribution in [0.5, 0.6) is 0 Å². The summed E-state index contributed by atoms with van der Waals surface area (Å²) in [7, 11) is 0. The van der Waals surface area contributed by atoms with Crippen molar-refractivity contribution >= 4 is 11.6 Å². The lowest BCUT2D eigenvalue weighted by Gasteiger charge is -2.23. The molecule has 74 valence electrons. The smallest absolute Gasteiger partial charge is 0.0348 e. The molecule has 0 amide bonds. The van der Waals surface area contributed by atoms with Crippen molar-refractivity contribution in [3.63, 3.8) is 0 Å². The molecule has 0 aliphatic carbocycles. The summed E-state index contributed by atoms with van der Waals surface area (Å²) in [4.78, 5) is 3.23. The standard InChI is InChI=1S/C10H17ClN2/c1-10(2,8-12-7-5-11)9-4-3-6-13-9/h3-4,6,12-13H,5,7-8H2,1-2H3. The maximum absolute atomic E-state index is 5.58. The zero-order valence-corrected chi connectivity index (χ0v) is 8.99. The summed E-state index contributed by atoms with van der Waals surface area (Å²) in [6, 6.07) is 4.14. The first kappa shape index (κ1) is 10.6. The fourth-order valence-corrected chi connectivity index (χ4v) is 1.45. The second-order valence-corrected chi connectivity index (χ2v) is 4.21. The molecular formula is C10H17ClN2. The van der Waals surface area contributed by atoms with E-state index in [9.17, 15) is 0 Å². The second kappa shape index (κ2) is 4.68. The summed E-state index contributed by atoms with van der Waals surface area (Å²) >= 11 is 5.58. The van der Waals surface area contributed by atoms with Gasteiger partial charge in [-0.25, -0.2) is 0 Å². The van der Waals surface area contributed by atoms with Gasteiger partial charge < -0.3 is 10.3 Å². The third-order valence-corrected chi connectivity index (χ3v) is 2.35. The van der Waals surface area contributed by atoms with Crippen LogP contribution in [0.1, 0.15) is 19.5 Å². The lowest BCUT2D eigenvalue weighted by molar-refractivity contribution is 0.468. The first-order valence-electron chi connectivity index (χ1n) is 4.57. The van der Waals surface area contributed by atoms with E-state index in [2.05, 4.69) is 30.2 Å². The summed E-state index contributed by atoms with van der Waals surface area (Å²) < 4.78 is 0. The molecule has 1 rings (SSSR count). The van der Waals surface area contributed by atoms with Crippen LogP contribution in [0.15, 0.2) is 18.3 Å². The number of rotatable bonds is 5. The fourth-order valence-electron chi connectivity index (χ4n) is 1.31. The topological polar surface area (TPSA) is 27.8 Å². The summed E-state index contributed by atoms with van der Waals surface area (Å²) in [6.45, 7) is 6.23. The Labute approximate surface area is 84.7 Å². The molecule has 0 atom stereocenters. The van der Waals surface area contributed by atoms with Crippen LogP contribution in [0.4, 0.5) is 0 Å². The Hall–Kier alpha value is -0.470. The molecule has 0 radical (unpaired) electrons. The van der Waals surface area contributed by atoms with Gasteiger partial charge in [-0.3, -0.25) is 0 Å². The van der Waals surface area contributed by atoms with Crippen molar-refractivity contribution in [3.05, 3.63) is 24.0 Å². The number of nitrogens with one attached hydrogen (secondary N) is 2. The normalized spacial score (nSPS) is 11.9. The highest BCUT2D eigenvalue weighted by molar-refractivity contribution is 6.18. The van der Waals surface area contributed by atoms with Crippen LogP contribution in [0.3, 0.4) is 0 Å². The Morgan fingerprint density at radius 3 is 2.85 bits per heavy atom. The van der Waals surface area contributed by atoms with Gasteiger partial charge in [-0.2, -0.15) is 0 Å². The van der Waals surface area contributed by atoms with E-state index in [0.717, 1.165) is 13.1 Å². The highest BCUT2D eigenvalue weighted by Crippen LogP contribution is 2.19. The van der Waals surface area contributed by atoms with Gasteiger partial charge in [0.1, 0.15) is 0 Å². The van der Waals surface area contributed by atoms with Crippen LogP contribution in [0.25, 0.3) is 0 Å². The number of alkyl halides is 1. The molecular weight excluding hydrogens is 184 g/mol. The van der Waals surface area contributed by atoms with Crippen molar-refractivity contribution in [2.45, 2.75) is 19.3 Å². The van der Waals surface area contributed by atoms with Gasteiger partial charge in [-0.1, -0.05) is 13.8 Å². The van der Waals surface area contributed by atoms with Gasteiger partial charge in [-0.05, 0) is 12.1 Å². The molecule has 0 unspecified atom stereocenters. The highest BCUT2D eigenvalue weighted by Gasteiger charge is 2.20. The lowest BCUT2D eigenvalue weighted by Crippen LogP contribution is -2.34. The summed E-state index contributed by atoms with van der Waals surface area (Å²) in [5, 5.41) is 3.31. The van der Waals surface area contributed by atoms with Crippen LogP contribution < -0.4 is 5.32 Å². The lowest BCUT2D eigenvalue weighted by atomic mass is 9.89. The Morgan fingerprint density at radius 2 is 2.31 bits per heavy atom. The van der Waals surface area contributed by atoms with Crippen LogP contribution in [0, 0.1) is 0 Å². The number of H-pyrrole nitrogens is 1. The zero-order valence-electron chi connectivity index (χ0n) is 8.23. The molecule has 1 aromatic rings. The predicted molar refractivity (Wildman–Crippen MR) is 57.4 cm³/mol. The average molecular weight is 201 g/mol. The van der Waals surface area contributed by atoms with Crippen LogP contribution in [0.2, 0.25) is 0 Å².